The van der Waals surface area contributed by atoms with Crippen molar-refractivity contribution in [1.29, 1.82) is 0 Å². The van der Waals surface area contributed by atoms with Gasteiger partial charge in [0.05, 0.1) is 16.3 Å². The van der Waals surface area contributed by atoms with Gasteiger partial charge in [0.1, 0.15) is 6.54 Å². The van der Waals surface area contributed by atoms with Crippen molar-refractivity contribution >= 4 is 45.0 Å². The number of thioether (sulfide) groups is 1. The predicted molar refractivity (Wildman–Crippen MR) is 127 cm³/mol. The third kappa shape index (κ3) is 5.00. The van der Waals surface area contributed by atoms with Gasteiger partial charge in [-0.05, 0) is 55.7 Å². The van der Waals surface area contributed by atoms with Gasteiger partial charge < -0.3 is 10.2 Å². The summed E-state index contributed by atoms with van der Waals surface area (Å²) >= 11 is 1.36. The third-order valence-corrected chi connectivity index (χ3v) is 8.62. The van der Waals surface area contributed by atoms with Crippen molar-refractivity contribution in [3.63, 3.8) is 0 Å². The van der Waals surface area contributed by atoms with E-state index in [9.17, 15) is 18.0 Å². The van der Waals surface area contributed by atoms with Crippen molar-refractivity contribution < 1.29 is 18.0 Å². The Kier molecular flexibility index (Phi) is 6.88. The summed E-state index contributed by atoms with van der Waals surface area (Å²) in [5.41, 5.74) is 2.15. The number of nitrogens with one attached hydrogen (secondary N) is 1. The van der Waals surface area contributed by atoms with Crippen molar-refractivity contribution in [2.75, 3.05) is 35.6 Å². The zero-order chi connectivity index (χ0) is 22.7. The third-order valence-electron chi connectivity index (χ3n) is 5.68. The lowest BCUT2D eigenvalue weighted by atomic mass is 10.2. The molecule has 0 bridgehead atoms. The SMILES string of the molecule is Cc1cccc(NC(=O)CN2C(=O)CSc3ccc(S(=O)(=O)N4CCCCCC4)cc32)c1. The molecule has 0 saturated carbocycles. The summed E-state index contributed by atoms with van der Waals surface area (Å²) < 4.78 is 28.0. The molecule has 1 saturated heterocycles. The van der Waals surface area contributed by atoms with Crippen LogP contribution in [0.5, 0.6) is 0 Å². The normalized spacial score (nSPS) is 17.5. The van der Waals surface area contributed by atoms with Gasteiger partial charge in [-0.15, -0.1) is 11.8 Å². The number of carbonyl (C=O) groups is 2. The number of nitrogens with zero attached hydrogens (tertiary/aromatic N) is 2. The fraction of sp³-hybridized carbons (Fsp3) is 0.391. The number of hydrogen-bond acceptors (Lipinski definition) is 5. The van der Waals surface area contributed by atoms with Crippen LogP contribution >= 0.6 is 11.8 Å². The van der Waals surface area contributed by atoms with E-state index >= 15 is 0 Å². The predicted octanol–water partition coefficient (Wildman–Crippen LogP) is 3.64. The van der Waals surface area contributed by atoms with Crippen LogP contribution in [-0.2, 0) is 19.6 Å². The first-order chi connectivity index (χ1) is 15.3. The molecule has 32 heavy (non-hydrogen) atoms. The van der Waals surface area contributed by atoms with Crippen LogP contribution in [0, 0.1) is 6.92 Å². The van der Waals surface area contributed by atoms with Crippen LogP contribution in [0.25, 0.3) is 0 Å². The molecule has 4 rings (SSSR count). The standard InChI is InChI=1S/C23H27N3O4S2/c1-17-7-6-8-18(13-17)24-22(27)15-26-20-14-19(9-10-21(20)31-16-23(26)28)32(29,30)25-11-4-2-3-5-12-25/h6-10,13-14H,2-5,11-12,15-16H2,1H3,(H,24,27). The van der Waals surface area contributed by atoms with E-state index in [1.807, 2.05) is 25.1 Å². The molecule has 2 heterocycles. The van der Waals surface area contributed by atoms with Gasteiger partial charge in [0.2, 0.25) is 21.8 Å². The smallest absolute Gasteiger partial charge is 0.244 e. The summed E-state index contributed by atoms with van der Waals surface area (Å²) in [5.74, 6) is -0.336. The molecule has 0 radical (unpaired) electrons. The second kappa shape index (κ2) is 9.64. The van der Waals surface area contributed by atoms with Crippen molar-refractivity contribution in [2.24, 2.45) is 0 Å². The van der Waals surface area contributed by atoms with E-state index in [4.69, 9.17) is 0 Å². The van der Waals surface area contributed by atoms with Crippen LogP contribution in [0.2, 0.25) is 0 Å². The zero-order valence-electron chi connectivity index (χ0n) is 18.0. The van der Waals surface area contributed by atoms with Gasteiger partial charge in [-0.1, -0.05) is 25.0 Å². The highest BCUT2D eigenvalue weighted by Crippen LogP contribution is 2.37. The first-order valence-electron chi connectivity index (χ1n) is 10.8. The van der Waals surface area contributed by atoms with Crippen LogP contribution in [0.15, 0.2) is 52.3 Å². The number of hydrogen-bond donors (Lipinski definition) is 1. The van der Waals surface area contributed by atoms with Crippen LogP contribution in [0.4, 0.5) is 11.4 Å². The topological polar surface area (TPSA) is 86.8 Å². The summed E-state index contributed by atoms with van der Waals surface area (Å²) in [6.07, 6.45) is 3.77. The number of sulfonamides is 1. The highest BCUT2D eigenvalue weighted by atomic mass is 32.2. The molecule has 2 aliphatic rings. The first kappa shape index (κ1) is 22.8. The molecular formula is C23H27N3O4S2. The van der Waals surface area contributed by atoms with Crippen LogP contribution in [0.3, 0.4) is 0 Å². The lowest BCUT2D eigenvalue weighted by molar-refractivity contribution is -0.120. The number of rotatable bonds is 5. The number of fused-ring (bicyclic) bond motifs is 1. The second-order valence-corrected chi connectivity index (χ2v) is 11.1. The van der Waals surface area contributed by atoms with Crippen LogP contribution in [0.1, 0.15) is 31.2 Å². The maximum absolute atomic E-state index is 13.2. The van der Waals surface area contributed by atoms with Crippen molar-refractivity contribution in [1.82, 2.24) is 4.31 Å². The molecule has 0 spiro atoms. The summed E-state index contributed by atoms with van der Waals surface area (Å²) in [6, 6.07) is 12.3. The van der Waals surface area contributed by atoms with E-state index in [1.54, 1.807) is 24.3 Å². The van der Waals surface area contributed by atoms with Gasteiger partial charge >= 0.3 is 0 Å². The Hall–Kier alpha value is -2.36. The summed E-state index contributed by atoms with van der Waals surface area (Å²) in [4.78, 5) is 27.7. The second-order valence-electron chi connectivity index (χ2n) is 8.13. The molecule has 0 aliphatic carbocycles. The van der Waals surface area contributed by atoms with Gasteiger partial charge in [-0.25, -0.2) is 8.42 Å². The maximum Gasteiger partial charge on any atom is 0.244 e. The van der Waals surface area contributed by atoms with Gasteiger partial charge in [-0.2, -0.15) is 4.31 Å². The summed E-state index contributed by atoms with van der Waals surface area (Å²) in [6.45, 7) is 2.78. The lowest BCUT2D eigenvalue weighted by Gasteiger charge is -2.29. The van der Waals surface area contributed by atoms with Crippen molar-refractivity contribution in [2.45, 2.75) is 42.4 Å². The highest BCUT2D eigenvalue weighted by molar-refractivity contribution is 8.00. The van der Waals surface area contributed by atoms with E-state index in [2.05, 4.69) is 5.32 Å². The van der Waals surface area contributed by atoms with Crippen LogP contribution in [-0.4, -0.2) is 49.9 Å². The zero-order valence-corrected chi connectivity index (χ0v) is 19.7. The van der Waals surface area contributed by atoms with E-state index < -0.39 is 10.0 Å². The van der Waals surface area contributed by atoms with Crippen molar-refractivity contribution in [3.8, 4) is 0 Å². The molecule has 2 aromatic carbocycles. The van der Waals surface area contributed by atoms with Gasteiger partial charge in [0.15, 0.2) is 0 Å². The molecule has 2 amide bonds. The van der Waals surface area contributed by atoms with Gasteiger partial charge in [0, 0.05) is 23.7 Å². The Bertz CT molecular complexity index is 1130. The number of amides is 2. The first-order valence-corrected chi connectivity index (χ1v) is 13.2. The lowest BCUT2D eigenvalue weighted by Crippen LogP contribution is -2.41. The quantitative estimate of drug-likeness (QED) is 0.717. The monoisotopic (exact) mass is 473 g/mol. The van der Waals surface area contributed by atoms with E-state index in [0.717, 1.165) is 36.1 Å². The van der Waals surface area contributed by atoms with E-state index in [0.29, 0.717) is 24.5 Å². The van der Waals surface area contributed by atoms with Crippen molar-refractivity contribution in [3.05, 3.63) is 48.0 Å². The number of carbonyl (C=O) groups excluding carboxylic acids is 2. The van der Waals surface area contributed by atoms with Gasteiger partial charge in [0.25, 0.3) is 0 Å². The minimum Gasteiger partial charge on any atom is -0.325 e. The number of anilines is 2. The van der Waals surface area contributed by atoms with E-state index in [-0.39, 0.29) is 29.0 Å². The molecule has 0 unspecified atom stereocenters. The molecule has 1 N–H and O–H groups in total. The van der Waals surface area contributed by atoms with E-state index in [1.165, 1.54) is 21.0 Å². The largest absolute Gasteiger partial charge is 0.325 e. The Morgan fingerprint density at radius 1 is 1.06 bits per heavy atom. The Labute approximate surface area is 193 Å². The van der Waals surface area contributed by atoms with Gasteiger partial charge in [-0.3, -0.25) is 9.59 Å². The summed E-state index contributed by atoms with van der Waals surface area (Å²) in [7, 11) is -3.66. The Morgan fingerprint density at radius 3 is 2.53 bits per heavy atom. The molecule has 9 heteroatoms. The molecule has 1 fully saturated rings. The fourth-order valence-corrected chi connectivity index (χ4v) is 6.47. The molecule has 170 valence electrons. The number of benzene rings is 2. The Morgan fingerprint density at radius 2 is 1.81 bits per heavy atom. The molecule has 0 atom stereocenters. The average molecular weight is 474 g/mol. The Balaban J connectivity index is 1.58. The molecule has 0 aromatic heterocycles. The highest BCUT2D eigenvalue weighted by Gasteiger charge is 2.31. The molecule has 7 nitrogen and oxygen atoms in total. The average Bonchev–Trinajstić information content (AvgIpc) is 3.06. The molecule has 2 aromatic rings. The molecular weight excluding hydrogens is 446 g/mol. The minimum atomic E-state index is -3.66. The summed E-state index contributed by atoms with van der Waals surface area (Å²) in [5, 5.41) is 2.82. The maximum atomic E-state index is 13.2. The molecule has 2 aliphatic heterocycles. The minimum absolute atomic E-state index is 0.164. The number of aryl methyl sites for hydroxylation is 1. The fourth-order valence-electron chi connectivity index (χ4n) is 4.01. The van der Waals surface area contributed by atoms with Crippen LogP contribution < -0.4 is 10.2 Å².